The number of hydrogen-bond acceptors (Lipinski definition) is 2. The highest BCUT2D eigenvalue weighted by atomic mass is 19.1. The predicted octanol–water partition coefficient (Wildman–Crippen LogP) is 2.95. The number of benzene rings is 1. The number of halogens is 1. The molecule has 1 spiro atoms. The summed E-state index contributed by atoms with van der Waals surface area (Å²) in [7, 11) is 0. The van der Waals surface area contributed by atoms with E-state index in [-0.39, 0.29) is 11.4 Å². The largest absolute Gasteiger partial charge is 0.487 e. The standard InChI is InChI=1S/C13H15FO2/c14-9-3-4-10-11(15)8-13(5-1-2-6-13)16-12(10)7-9/h3-4,7,11,15H,1-2,5-6,8H2/t11-/m0/s1. The Kier molecular flexibility index (Phi) is 2.18. The first-order chi connectivity index (χ1) is 7.69. The highest BCUT2D eigenvalue weighted by Crippen LogP contribution is 2.47. The number of fused-ring (bicyclic) bond motifs is 1. The second-order valence-electron chi connectivity index (χ2n) is 4.89. The Labute approximate surface area is 94.0 Å². The monoisotopic (exact) mass is 222 g/mol. The van der Waals surface area contributed by atoms with Gasteiger partial charge in [-0.2, -0.15) is 0 Å². The Morgan fingerprint density at radius 2 is 2.06 bits per heavy atom. The lowest BCUT2D eigenvalue weighted by Crippen LogP contribution is -2.38. The minimum Gasteiger partial charge on any atom is -0.487 e. The molecule has 2 aliphatic rings. The summed E-state index contributed by atoms with van der Waals surface area (Å²) in [5.41, 5.74) is 0.485. The van der Waals surface area contributed by atoms with Crippen molar-refractivity contribution in [1.29, 1.82) is 0 Å². The Morgan fingerprint density at radius 3 is 2.81 bits per heavy atom. The summed E-state index contributed by atoms with van der Waals surface area (Å²) in [5, 5.41) is 10.1. The molecule has 0 amide bonds. The van der Waals surface area contributed by atoms with Crippen molar-refractivity contribution in [2.75, 3.05) is 0 Å². The molecule has 1 saturated carbocycles. The Hall–Kier alpha value is -1.09. The van der Waals surface area contributed by atoms with E-state index in [0.29, 0.717) is 12.2 Å². The Morgan fingerprint density at radius 1 is 1.31 bits per heavy atom. The van der Waals surface area contributed by atoms with E-state index in [1.165, 1.54) is 12.1 Å². The van der Waals surface area contributed by atoms with E-state index in [4.69, 9.17) is 4.74 Å². The number of hydrogen-bond donors (Lipinski definition) is 1. The first kappa shape index (κ1) is 10.1. The van der Waals surface area contributed by atoms with Crippen molar-refractivity contribution in [3.05, 3.63) is 29.6 Å². The summed E-state index contributed by atoms with van der Waals surface area (Å²) in [6.07, 6.45) is 4.35. The van der Waals surface area contributed by atoms with Gasteiger partial charge in [-0.3, -0.25) is 0 Å². The maximum Gasteiger partial charge on any atom is 0.128 e. The molecule has 0 radical (unpaired) electrons. The molecule has 86 valence electrons. The molecule has 1 aliphatic heterocycles. The molecule has 1 fully saturated rings. The van der Waals surface area contributed by atoms with Crippen LogP contribution in [0.25, 0.3) is 0 Å². The molecule has 0 bridgehead atoms. The van der Waals surface area contributed by atoms with Crippen LogP contribution in [0.15, 0.2) is 18.2 Å². The van der Waals surface area contributed by atoms with Crippen molar-refractivity contribution in [3.8, 4) is 5.75 Å². The number of rotatable bonds is 0. The molecular formula is C13H15FO2. The van der Waals surface area contributed by atoms with Gasteiger partial charge < -0.3 is 9.84 Å². The zero-order valence-electron chi connectivity index (χ0n) is 9.08. The molecule has 0 saturated heterocycles. The van der Waals surface area contributed by atoms with Gasteiger partial charge in [-0.15, -0.1) is 0 Å². The molecule has 16 heavy (non-hydrogen) atoms. The first-order valence-electron chi connectivity index (χ1n) is 5.85. The lowest BCUT2D eigenvalue weighted by Gasteiger charge is -2.38. The first-order valence-corrected chi connectivity index (χ1v) is 5.85. The molecule has 1 aliphatic carbocycles. The van der Waals surface area contributed by atoms with Crippen LogP contribution < -0.4 is 4.74 Å². The van der Waals surface area contributed by atoms with Gasteiger partial charge in [0.05, 0.1) is 6.10 Å². The van der Waals surface area contributed by atoms with E-state index in [1.54, 1.807) is 6.07 Å². The van der Waals surface area contributed by atoms with Crippen LogP contribution in [0.1, 0.15) is 43.8 Å². The van der Waals surface area contributed by atoms with Crippen molar-refractivity contribution in [1.82, 2.24) is 0 Å². The van der Waals surface area contributed by atoms with Gasteiger partial charge in [0.15, 0.2) is 0 Å². The molecular weight excluding hydrogens is 207 g/mol. The molecule has 2 nitrogen and oxygen atoms in total. The average molecular weight is 222 g/mol. The highest BCUT2D eigenvalue weighted by molar-refractivity contribution is 5.38. The predicted molar refractivity (Wildman–Crippen MR) is 57.8 cm³/mol. The Balaban J connectivity index is 2.00. The fraction of sp³-hybridized carbons (Fsp3) is 0.538. The van der Waals surface area contributed by atoms with Crippen molar-refractivity contribution < 1.29 is 14.2 Å². The van der Waals surface area contributed by atoms with Crippen molar-refractivity contribution >= 4 is 0 Å². The minimum atomic E-state index is -0.512. The lowest BCUT2D eigenvalue weighted by atomic mass is 9.87. The number of aliphatic hydroxyl groups is 1. The van der Waals surface area contributed by atoms with Crippen LogP contribution in [0.4, 0.5) is 4.39 Å². The number of ether oxygens (including phenoxy) is 1. The van der Waals surface area contributed by atoms with Gasteiger partial charge in [0.25, 0.3) is 0 Å². The van der Waals surface area contributed by atoms with E-state index in [1.807, 2.05) is 0 Å². The van der Waals surface area contributed by atoms with Crippen LogP contribution >= 0.6 is 0 Å². The maximum absolute atomic E-state index is 13.1. The van der Waals surface area contributed by atoms with Gasteiger partial charge in [0.2, 0.25) is 0 Å². The summed E-state index contributed by atoms with van der Waals surface area (Å²) in [6, 6.07) is 4.38. The molecule has 3 rings (SSSR count). The SMILES string of the molecule is O[C@H]1CC2(CCCC2)Oc2cc(F)ccc21. The molecule has 1 N–H and O–H groups in total. The smallest absolute Gasteiger partial charge is 0.128 e. The zero-order chi connectivity index (χ0) is 11.2. The van der Waals surface area contributed by atoms with E-state index in [2.05, 4.69) is 0 Å². The van der Waals surface area contributed by atoms with E-state index < -0.39 is 6.10 Å². The zero-order valence-corrected chi connectivity index (χ0v) is 9.08. The topological polar surface area (TPSA) is 29.5 Å². The molecule has 1 heterocycles. The summed E-state index contributed by atoms with van der Waals surface area (Å²) in [5.74, 6) is 0.224. The van der Waals surface area contributed by atoms with Gasteiger partial charge >= 0.3 is 0 Å². The highest BCUT2D eigenvalue weighted by Gasteiger charge is 2.42. The molecule has 0 aromatic heterocycles. The second-order valence-corrected chi connectivity index (χ2v) is 4.89. The maximum atomic E-state index is 13.1. The molecule has 1 aromatic carbocycles. The average Bonchev–Trinajstić information content (AvgIpc) is 2.65. The summed E-state index contributed by atoms with van der Waals surface area (Å²) >= 11 is 0. The van der Waals surface area contributed by atoms with Gasteiger partial charge in [-0.25, -0.2) is 4.39 Å². The van der Waals surface area contributed by atoms with E-state index >= 15 is 0 Å². The summed E-state index contributed by atoms with van der Waals surface area (Å²) in [6.45, 7) is 0. The van der Waals surface area contributed by atoms with Gasteiger partial charge in [-0.05, 0) is 37.8 Å². The van der Waals surface area contributed by atoms with Crippen LogP contribution in [0, 0.1) is 5.82 Å². The molecule has 1 atom stereocenters. The van der Waals surface area contributed by atoms with Crippen molar-refractivity contribution in [2.24, 2.45) is 0 Å². The van der Waals surface area contributed by atoms with Crippen LogP contribution in [0.3, 0.4) is 0 Å². The van der Waals surface area contributed by atoms with Crippen molar-refractivity contribution in [3.63, 3.8) is 0 Å². The third kappa shape index (κ3) is 1.50. The van der Waals surface area contributed by atoms with Gasteiger partial charge in [0.1, 0.15) is 17.2 Å². The van der Waals surface area contributed by atoms with E-state index in [0.717, 1.165) is 31.2 Å². The third-order valence-electron chi connectivity index (χ3n) is 3.74. The lowest BCUT2D eigenvalue weighted by molar-refractivity contribution is -0.00965. The van der Waals surface area contributed by atoms with Crippen LogP contribution in [0.2, 0.25) is 0 Å². The minimum absolute atomic E-state index is 0.236. The normalized spacial score (nSPS) is 26.5. The van der Waals surface area contributed by atoms with Crippen molar-refractivity contribution in [2.45, 2.75) is 43.8 Å². The second kappa shape index (κ2) is 3.45. The van der Waals surface area contributed by atoms with Gasteiger partial charge in [0, 0.05) is 18.1 Å². The molecule has 3 heteroatoms. The number of aliphatic hydroxyl groups excluding tert-OH is 1. The Bertz CT molecular complexity index is 410. The van der Waals surface area contributed by atoms with E-state index in [9.17, 15) is 9.50 Å². The van der Waals surface area contributed by atoms with Crippen LogP contribution in [-0.2, 0) is 0 Å². The fourth-order valence-corrected chi connectivity index (χ4v) is 2.93. The van der Waals surface area contributed by atoms with Crippen LogP contribution in [0.5, 0.6) is 5.75 Å². The molecule has 1 aromatic rings. The quantitative estimate of drug-likeness (QED) is 0.731. The third-order valence-corrected chi connectivity index (χ3v) is 3.74. The summed E-state index contributed by atoms with van der Waals surface area (Å²) < 4.78 is 19.1. The fourth-order valence-electron chi connectivity index (χ4n) is 2.93. The molecule has 0 unspecified atom stereocenters. The summed E-state index contributed by atoms with van der Waals surface area (Å²) in [4.78, 5) is 0. The van der Waals surface area contributed by atoms with Crippen LogP contribution in [-0.4, -0.2) is 10.7 Å². The van der Waals surface area contributed by atoms with Gasteiger partial charge in [-0.1, -0.05) is 0 Å².